The third-order valence-electron chi connectivity index (χ3n) is 5.44. The Morgan fingerprint density at radius 3 is 2.74 bits per heavy atom. The predicted molar refractivity (Wildman–Crippen MR) is 109 cm³/mol. The van der Waals surface area contributed by atoms with Crippen LogP contribution in [0.1, 0.15) is 42.5 Å². The van der Waals surface area contributed by atoms with Crippen LogP contribution in [0.15, 0.2) is 51.0 Å². The fourth-order valence-electron chi connectivity index (χ4n) is 4.05. The lowest BCUT2D eigenvalue weighted by Gasteiger charge is -2.34. The van der Waals surface area contributed by atoms with E-state index in [4.69, 9.17) is 9.15 Å². The minimum absolute atomic E-state index is 0.289. The molecule has 1 saturated carbocycles. The molecule has 0 amide bonds. The van der Waals surface area contributed by atoms with Crippen LogP contribution in [-0.4, -0.2) is 18.1 Å². The van der Waals surface area contributed by atoms with Gasteiger partial charge in [-0.15, -0.1) is 11.3 Å². The van der Waals surface area contributed by atoms with Crippen molar-refractivity contribution in [2.45, 2.75) is 51.2 Å². The lowest BCUT2D eigenvalue weighted by Crippen LogP contribution is -2.35. The van der Waals surface area contributed by atoms with Crippen LogP contribution in [0.3, 0.4) is 0 Å². The molecule has 5 heteroatoms. The van der Waals surface area contributed by atoms with E-state index < -0.39 is 0 Å². The summed E-state index contributed by atoms with van der Waals surface area (Å²) in [7, 11) is 1.66. The van der Waals surface area contributed by atoms with Crippen molar-refractivity contribution in [2.75, 3.05) is 7.11 Å². The molecule has 4 nitrogen and oxygen atoms in total. The normalized spacial score (nSPS) is 15.5. The van der Waals surface area contributed by atoms with Crippen LogP contribution in [0.4, 0.5) is 0 Å². The van der Waals surface area contributed by atoms with Crippen LogP contribution in [-0.2, 0) is 13.1 Å². The highest BCUT2D eigenvalue weighted by atomic mass is 32.1. The van der Waals surface area contributed by atoms with E-state index in [0.29, 0.717) is 11.6 Å². The number of benzene rings is 1. The molecule has 0 spiro atoms. The van der Waals surface area contributed by atoms with Crippen LogP contribution in [0.2, 0.25) is 0 Å². The second kappa shape index (κ2) is 8.28. The first kappa shape index (κ1) is 18.3. The van der Waals surface area contributed by atoms with Crippen LogP contribution < -0.4 is 10.4 Å². The summed E-state index contributed by atoms with van der Waals surface area (Å²) in [6.07, 6.45) is 6.37. The summed E-state index contributed by atoms with van der Waals surface area (Å²) in [6, 6.07) is 12.1. The van der Waals surface area contributed by atoms with Gasteiger partial charge in [0.05, 0.1) is 7.11 Å². The number of nitrogens with zero attached hydrogens (tertiary/aromatic N) is 1. The third-order valence-corrected chi connectivity index (χ3v) is 6.30. The van der Waals surface area contributed by atoms with Crippen LogP contribution in [0.5, 0.6) is 5.75 Å². The number of thiophene rings is 1. The molecule has 4 rings (SSSR count). The molecule has 0 bridgehead atoms. The number of ether oxygens (including phenoxy) is 1. The zero-order chi connectivity index (χ0) is 18.6. The Labute approximate surface area is 163 Å². The summed E-state index contributed by atoms with van der Waals surface area (Å²) in [5.74, 6) is 0.778. The summed E-state index contributed by atoms with van der Waals surface area (Å²) in [4.78, 5) is 16.0. The fraction of sp³-hybridized carbons (Fsp3) is 0.409. The van der Waals surface area contributed by atoms with Crippen LogP contribution >= 0.6 is 11.3 Å². The molecule has 1 aliphatic rings. The maximum absolute atomic E-state index is 12.1. The van der Waals surface area contributed by atoms with Crippen molar-refractivity contribution in [1.29, 1.82) is 0 Å². The highest BCUT2D eigenvalue weighted by molar-refractivity contribution is 7.09. The standard InChI is InChI=1S/C22H25NO3S/c1-25-18-9-10-21-20(13-18)16(12-22(24)26-21)14-23(15-19-8-5-11-27-19)17-6-3-2-4-7-17/h5,8-13,17H,2-4,6-7,14-15H2,1H3. The van der Waals surface area contributed by atoms with Gasteiger partial charge in [0.25, 0.3) is 0 Å². The third kappa shape index (κ3) is 4.25. The first-order valence-corrected chi connectivity index (χ1v) is 10.5. The van der Waals surface area contributed by atoms with Gasteiger partial charge in [-0.25, -0.2) is 4.79 Å². The highest BCUT2D eigenvalue weighted by Crippen LogP contribution is 2.29. The zero-order valence-electron chi connectivity index (χ0n) is 15.6. The van der Waals surface area contributed by atoms with Crippen molar-refractivity contribution in [3.8, 4) is 5.75 Å². The van der Waals surface area contributed by atoms with E-state index in [1.165, 1.54) is 37.0 Å². The van der Waals surface area contributed by atoms with Crippen molar-refractivity contribution >= 4 is 22.3 Å². The van der Waals surface area contributed by atoms with E-state index in [-0.39, 0.29) is 5.63 Å². The Hall–Kier alpha value is -2.11. The Kier molecular flexibility index (Phi) is 5.60. The average Bonchev–Trinajstić information content (AvgIpc) is 3.21. The Bertz CT molecular complexity index is 942. The molecule has 0 N–H and O–H groups in total. The molecule has 1 aromatic carbocycles. The first-order valence-electron chi connectivity index (χ1n) is 9.60. The molecule has 1 fully saturated rings. The number of rotatable bonds is 6. The van der Waals surface area contributed by atoms with Gasteiger partial charge >= 0.3 is 5.63 Å². The molecule has 3 aromatic rings. The van der Waals surface area contributed by atoms with Gasteiger partial charge in [0.15, 0.2) is 0 Å². The molecule has 2 aromatic heterocycles. The maximum Gasteiger partial charge on any atom is 0.336 e. The summed E-state index contributed by atoms with van der Waals surface area (Å²) < 4.78 is 10.8. The zero-order valence-corrected chi connectivity index (χ0v) is 16.5. The molecule has 0 saturated heterocycles. The van der Waals surface area contributed by atoms with Crippen molar-refractivity contribution in [3.63, 3.8) is 0 Å². The molecule has 0 unspecified atom stereocenters. The summed E-state index contributed by atoms with van der Waals surface area (Å²) in [6.45, 7) is 1.67. The van der Waals surface area contributed by atoms with Gasteiger partial charge in [-0.3, -0.25) is 4.90 Å². The number of fused-ring (bicyclic) bond motifs is 1. The quantitative estimate of drug-likeness (QED) is 0.549. The second-order valence-electron chi connectivity index (χ2n) is 7.23. The van der Waals surface area contributed by atoms with Crippen molar-refractivity contribution in [2.24, 2.45) is 0 Å². The minimum Gasteiger partial charge on any atom is -0.497 e. The summed E-state index contributed by atoms with van der Waals surface area (Å²) >= 11 is 1.80. The van der Waals surface area contributed by atoms with Gasteiger partial charge in [0.2, 0.25) is 0 Å². The molecule has 2 heterocycles. The molecular weight excluding hydrogens is 358 g/mol. The van der Waals surface area contributed by atoms with Gasteiger partial charge in [-0.1, -0.05) is 25.3 Å². The highest BCUT2D eigenvalue weighted by Gasteiger charge is 2.23. The monoisotopic (exact) mass is 383 g/mol. The molecule has 0 atom stereocenters. The van der Waals surface area contributed by atoms with E-state index >= 15 is 0 Å². The van der Waals surface area contributed by atoms with Crippen molar-refractivity contribution in [3.05, 3.63) is 62.6 Å². The number of hydrogen-bond donors (Lipinski definition) is 0. The number of hydrogen-bond acceptors (Lipinski definition) is 5. The second-order valence-corrected chi connectivity index (χ2v) is 8.26. The summed E-state index contributed by atoms with van der Waals surface area (Å²) in [5.41, 5.74) is 1.35. The first-order chi connectivity index (χ1) is 13.2. The van der Waals surface area contributed by atoms with Crippen LogP contribution in [0.25, 0.3) is 11.0 Å². The SMILES string of the molecule is COc1ccc2oc(=O)cc(CN(Cc3cccs3)C3CCCCC3)c2c1. The lowest BCUT2D eigenvalue weighted by molar-refractivity contribution is 0.141. The molecular formula is C22H25NO3S. The van der Waals surface area contributed by atoms with E-state index in [2.05, 4.69) is 22.4 Å². The maximum atomic E-state index is 12.1. The van der Waals surface area contributed by atoms with E-state index in [0.717, 1.165) is 29.8 Å². The topological polar surface area (TPSA) is 42.7 Å². The van der Waals surface area contributed by atoms with Gasteiger partial charge in [-0.05, 0) is 48.1 Å². The lowest BCUT2D eigenvalue weighted by atomic mass is 9.93. The fourth-order valence-corrected chi connectivity index (χ4v) is 4.78. The molecule has 0 radical (unpaired) electrons. The van der Waals surface area contributed by atoms with Crippen molar-refractivity contribution in [1.82, 2.24) is 4.90 Å². The molecule has 142 valence electrons. The van der Waals surface area contributed by atoms with Gasteiger partial charge in [0.1, 0.15) is 11.3 Å². The summed E-state index contributed by atoms with van der Waals surface area (Å²) in [5, 5.41) is 3.09. The smallest absolute Gasteiger partial charge is 0.336 e. The van der Waals surface area contributed by atoms with Crippen LogP contribution in [0, 0.1) is 0 Å². The minimum atomic E-state index is -0.289. The Morgan fingerprint density at radius 1 is 1.15 bits per heavy atom. The molecule has 27 heavy (non-hydrogen) atoms. The predicted octanol–water partition coefficient (Wildman–Crippen LogP) is 5.20. The van der Waals surface area contributed by atoms with Crippen molar-refractivity contribution < 1.29 is 9.15 Å². The molecule has 0 aliphatic heterocycles. The molecule has 1 aliphatic carbocycles. The van der Waals surface area contributed by atoms with E-state index in [1.807, 2.05) is 18.2 Å². The largest absolute Gasteiger partial charge is 0.497 e. The van der Waals surface area contributed by atoms with Gasteiger partial charge < -0.3 is 9.15 Å². The number of methoxy groups -OCH3 is 1. The van der Waals surface area contributed by atoms with E-state index in [9.17, 15) is 4.79 Å². The Balaban J connectivity index is 1.69. The average molecular weight is 384 g/mol. The van der Waals surface area contributed by atoms with Gasteiger partial charge in [-0.2, -0.15) is 0 Å². The Morgan fingerprint density at radius 2 is 2.00 bits per heavy atom. The van der Waals surface area contributed by atoms with E-state index in [1.54, 1.807) is 24.5 Å². The van der Waals surface area contributed by atoms with Gasteiger partial charge in [0, 0.05) is 35.5 Å².